The number of nitrogens with zero attached hydrogens (tertiary/aromatic N) is 1. The zero-order valence-corrected chi connectivity index (χ0v) is 11.8. The summed E-state index contributed by atoms with van der Waals surface area (Å²) in [5.41, 5.74) is 1.97. The molecule has 1 nitrogen and oxygen atoms in total. The maximum atomic E-state index is 6.21. The summed E-state index contributed by atoms with van der Waals surface area (Å²) in [7, 11) is 0. The van der Waals surface area contributed by atoms with Crippen molar-refractivity contribution in [1.29, 1.82) is 0 Å². The summed E-state index contributed by atoms with van der Waals surface area (Å²) >= 11 is 11.9. The van der Waals surface area contributed by atoms with Gasteiger partial charge in [0.1, 0.15) is 0 Å². The molecular weight excluding hydrogens is 376 g/mol. The van der Waals surface area contributed by atoms with E-state index in [-0.39, 0.29) is 0 Å². The van der Waals surface area contributed by atoms with Gasteiger partial charge in [0.15, 0.2) is 0 Å². The minimum Gasteiger partial charge on any atom is -0.255 e. The molecule has 4 heteroatoms. The molecular formula is C10H6BrClIN. The van der Waals surface area contributed by atoms with Crippen molar-refractivity contribution >= 4 is 61.0 Å². The van der Waals surface area contributed by atoms with Gasteiger partial charge >= 0.3 is 0 Å². The number of halogens is 3. The second kappa shape index (κ2) is 3.94. The van der Waals surface area contributed by atoms with Gasteiger partial charge in [-0.05, 0) is 47.2 Å². The van der Waals surface area contributed by atoms with Gasteiger partial charge in [0.25, 0.3) is 0 Å². The molecule has 0 saturated heterocycles. The van der Waals surface area contributed by atoms with E-state index in [1.54, 1.807) is 6.20 Å². The fraction of sp³-hybridized carbons (Fsp3) is 0.100. The van der Waals surface area contributed by atoms with Crippen LogP contribution in [0.2, 0.25) is 5.02 Å². The van der Waals surface area contributed by atoms with Crippen molar-refractivity contribution < 1.29 is 0 Å². The Hall–Kier alpha value is 0.130. The second-order valence-corrected chi connectivity index (χ2v) is 5.49. The van der Waals surface area contributed by atoms with Crippen LogP contribution in [0.3, 0.4) is 0 Å². The number of hydrogen-bond acceptors (Lipinski definition) is 1. The molecule has 2 aromatic rings. The molecule has 0 spiro atoms. The molecule has 1 heterocycles. The van der Waals surface area contributed by atoms with Crippen molar-refractivity contribution in [3.8, 4) is 0 Å². The van der Waals surface area contributed by atoms with E-state index in [9.17, 15) is 0 Å². The molecule has 0 saturated carbocycles. The van der Waals surface area contributed by atoms with Gasteiger partial charge in [-0.25, -0.2) is 0 Å². The van der Waals surface area contributed by atoms with Crippen LogP contribution >= 0.6 is 50.1 Å². The van der Waals surface area contributed by atoms with Crippen LogP contribution in [-0.4, -0.2) is 4.98 Å². The van der Waals surface area contributed by atoms with E-state index in [1.807, 2.05) is 19.1 Å². The number of rotatable bonds is 0. The Morgan fingerprint density at radius 3 is 2.86 bits per heavy atom. The maximum absolute atomic E-state index is 6.21. The standard InChI is InChI=1S/C10H6BrClIN/c1-5-4-14-10-7(9(5)12)2-6(11)3-8(10)13/h2-4H,1H3. The highest BCUT2D eigenvalue weighted by Crippen LogP contribution is 2.30. The van der Waals surface area contributed by atoms with Gasteiger partial charge in [0.05, 0.1) is 10.5 Å². The van der Waals surface area contributed by atoms with Crippen LogP contribution in [0.25, 0.3) is 10.9 Å². The Balaban J connectivity index is 2.95. The molecule has 0 aliphatic carbocycles. The predicted octanol–water partition coefficient (Wildman–Crippen LogP) is 4.56. The van der Waals surface area contributed by atoms with Crippen molar-refractivity contribution in [3.63, 3.8) is 0 Å². The first-order valence-corrected chi connectivity index (χ1v) is 6.24. The largest absolute Gasteiger partial charge is 0.255 e. The van der Waals surface area contributed by atoms with Gasteiger partial charge < -0.3 is 0 Å². The molecule has 0 bridgehead atoms. The first-order chi connectivity index (χ1) is 6.59. The molecule has 0 aliphatic rings. The third kappa shape index (κ3) is 1.77. The zero-order valence-electron chi connectivity index (χ0n) is 7.31. The number of fused-ring (bicyclic) bond motifs is 1. The Kier molecular flexibility index (Phi) is 3.00. The first-order valence-electron chi connectivity index (χ1n) is 3.99. The van der Waals surface area contributed by atoms with Gasteiger partial charge in [-0.1, -0.05) is 27.5 Å². The van der Waals surface area contributed by atoms with Crippen LogP contribution in [0.15, 0.2) is 22.8 Å². The first kappa shape index (κ1) is 10.6. The third-order valence-electron chi connectivity index (χ3n) is 2.00. The average Bonchev–Trinajstić information content (AvgIpc) is 2.12. The predicted molar refractivity (Wildman–Crippen MR) is 71.9 cm³/mol. The Morgan fingerprint density at radius 2 is 2.14 bits per heavy atom. The summed E-state index contributed by atoms with van der Waals surface area (Å²) in [4.78, 5) is 4.37. The second-order valence-electron chi connectivity index (χ2n) is 3.04. The van der Waals surface area contributed by atoms with Crippen LogP contribution in [-0.2, 0) is 0 Å². The van der Waals surface area contributed by atoms with E-state index in [4.69, 9.17) is 11.6 Å². The molecule has 1 aromatic heterocycles. The molecule has 0 unspecified atom stereocenters. The molecule has 0 radical (unpaired) electrons. The number of benzene rings is 1. The van der Waals surface area contributed by atoms with Crippen LogP contribution < -0.4 is 0 Å². The molecule has 0 fully saturated rings. The van der Waals surface area contributed by atoms with Crippen LogP contribution in [0.1, 0.15) is 5.56 Å². The quantitative estimate of drug-likeness (QED) is 0.609. The summed E-state index contributed by atoms with van der Waals surface area (Å²) in [6.07, 6.45) is 1.81. The lowest BCUT2D eigenvalue weighted by Gasteiger charge is -2.05. The monoisotopic (exact) mass is 381 g/mol. The fourth-order valence-electron chi connectivity index (χ4n) is 1.29. The molecule has 0 amide bonds. The molecule has 0 atom stereocenters. The Labute approximate surface area is 109 Å². The lowest BCUT2D eigenvalue weighted by atomic mass is 10.2. The Bertz CT molecular complexity index is 513. The van der Waals surface area contributed by atoms with Crippen molar-refractivity contribution in [1.82, 2.24) is 4.98 Å². The van der Waals surface area contributed by atoms with Crippen LogP contribution in [0.4, 0.5) is 0 Å². The minimum atomic E-state index is 0.786. The number of aromatic nitrogens is 1. The van der Waals surface area contributed by atoms with E-state index in [1.165, 1.54) is 0 Å². The molecule has 1 aromatic carbocycles. The summed E-state index contributed by atoms with van der Waals surface area (Å²) in [5, 5.41) is 1.79. The topological polar surface area (TPSA) is 12.9 Å². The average molecular weight is 382 g/mol. The lowest BCUT2D eigenvalue weighted by Crippen LogP contribution is -1.87. The van der Waals surface area contributed by atoms with Crippen molar-refractivity contribution in [2.24, 2.45) is 0 Å². The number of hydrogen-bond donors (Lipinski definition) is 0. The van der Waals surface area contributed by atoms with Gasteiger partial charge in [-0.2, -0.15) is 0 Å². The molecule has 0 aliphatic heterocycles. The maximum Gasteiger partial charge on any atom is 0.0851 e. The summed E-state index contributed by atoms with van der Waals surface area (Å²) < 4.78 is 2.14. The smallest absolute Gasteiger partial charge is 0.0851 e. The molecule has 72 valence electrons. The van der Waals surface area contributed by atoms with E-state index in [0.717, 1.165) is 29.5 Å². The van der Waals surface area contributed by atoms with E-state index >= 15 is 0 Å². The van der Waals surface area contributed by atoms with Gasteiger partial charge in [0, 0.05) is 19.6 Å². The van der Waals surface area contributed by atoms with E-state index in [2.05, 4.69) is 43.5 Å². The number of pyridine rings is 1. The SMILES string of the molecule is Cc1cnc2c(I)cc(Br)cc2c1Cl. The molecule has 2 rings (SSSR count). The summed E-state index contributed by atoms with van der Waals surface area (Å²) in [6, 6.07) is 4.03. The van der Waals surface area contributed by atoms with Crippen LogP contribution in [0, 0.1) is 10.5 Å². The van der Waals surface area contributed by atoms with Gasteiger partial charge in [0.2, 0.25) is 0 Å². The van der Waals surface area contributed by atoms with Crippen molar-refractivity contribution in [3.05, 3.63) is 37.0 Å². The van der Waals surface area contributed by atoms with Gasteiger partial charge in [-0.3, -0.25) is 4.98 Å². The zero-order chi connectivity index (χ0) is 10.3. The van der Waals surface area contributed by atoms with Crippen molar-refractivity contribution in [2.45, 2.75) is 6.92 Å². The third-order valence-corrected chi connectivity index (χ3v) is 3.78. The number of aryl methyl sites for hydroxylation is 1. The van der Waals surface area contributed by atoms with Crippen LogP contribution in [0.5, 0.6) is 0 Å². The Morgan fingerprint density at radius 1 is 1.43 bits per heavy atom. The van der Waals surface area contributed by atoms with E-state index in [0.29, 0.717) is 0 Å². The van der Waals surface area contributed by atoms with E-state index < -0.39 is 0 Å². The normalized spacial score (nSPS) is 10.9. The minimum absolute atomic E-state index is 0.786. The lowest BCUT2D eigenvalue weighted by molar-refractivity contribution is 1.32. The fourth-order valence-corrected chi connectivity index (χ4v) is 3.14. The summed E-state index contributed by atoms with van der Waals surface area (Å²) in [5.74, 6) is 0. The van der Waals surface area contributed by atoms with Crippen molar-refractivity contribution in [2.75, 3.05) is 0 Å². The highest BCUT2D eigenvalue weighted by atomic mass is 127. The van der Waals surface area contributed by atoms with Gasteiger partial charge in [-0.15, -0.1) is 0 Å². The highest BCUT2D eigenvalue weighted by Gasteiger charge is 2.07. The summed E-state index contributed by atoms with van der Waals surface area (Å²) in [6.45, 7) is 1.96. The highest BCUT2D eigenvalue weighted by molar-refractivity contribution is 14.1. The molecule has 14 heavy (non-hydrogen) atoms. The molecule has 0 N–H and O–H groups in total.